The molecule has 0 fully saturated rings. The molecule has 0 amide bonds. The van der Waals surface area contributed by atoms with Crippen molar-refractivity contribution in [2.45, 2.75) is 20.3 Å². The van der Waals surface area contributed by atoms with Crippen molar-refractivity contribution in [3.05, 3.63) is 118 Å². The summed E-state index contributed by atoms with van der Waals surface area (Å²) in [4.78, 5) is 12.7. The van der Waals surface area contributed by atoms with Gasteiger partial charge in [-0.15, -0.1) is 23.5 Å². The minimum Gasteiger partial charge on any atom is -0.250 e. The number of para-hydroxylation sites is 2. The molecule has 2 heterocycles. The van der Waals surface area contributed by atoms with E-state index in [4.69, 9.17) is 33.2 Å². The maximum absolute atomic E-state index is 6.21. The average Bonchev–Trinajstić information content (AvgIpc) is 2.88. The van der Waals surface area contributed by atoms with Gasteiger partial charge in [0.25, 0.3) is 0 Å². The Kier molecular flexibility index (Phi) is 6.00. The van der Waals surface area contributed by atoms with E-state index in [2.05, 4.69) is 60.7 Å². The van der Waals surface area contributed by atoms with Crippen molar-refractivity contribution < 1.29 is 0 Å². The molecule has 0 bridgehead atoms. The Hall–Kier alpha value is -2.50. The van der Waals surface area contributed by atoms with Crippen molar-refractivity contribution in [1.82, 2.24) is 0 Å². The zero-order valence-electron chi connectivity index (χ0n) is 17.9. The van der Waals surface area contributed by atoms with E-state index >= 15 is 0 Å². The molecule has 0 spiro atoms. The van der Waals surface area contributed by atoms with Crippen molar-refractivity contribution in [1.29, 1.82) is 0 Å². The molecule has 6 heteroatoms. The Morgan fingerprint density at radius 3 is 1.29 bits per heavy atom. The van der Waals surface area contributed by atoms with Gasteiger partial charge in [-0.25, -0.2) is 0 Å². The van der Waals surface area contributed by atoms with Gasteiger partial charge in [0, 0.05) is 19.8 Å². The van der Waals surface area contributed by atoms with Crippen LogP contribution in [0.4, 0.5) is 11.4 Å². The third kappa shape index (κ3) is 4.20. The molecule has 2 aliphatic rings. The lowest BCUT2D eigenvalue weighted by atomic mass is 9.98. The summed E-state index contributed by atoms with van der Waals surface area (Å²) in [5, 5.41) is 1.55. The molecule has 4 aromatic carbocycles. The second-order valence-electron chi connectivity index (χ2n) is 8.02. The van der Waals surface area contributed by atoms with Crippen LogP contribution in [0.25, 0.3) is 0 Å². The number of thioether (sulfide) groups is 2. The predicted octanol–water partition coefficient (Wildman–Crippen LogP) is 8.88. The molecule has 6 rings (SSSR count). The van der Waals surface area contributed by atoms with Crippen molar-refractivity contribution in [3.8, 4) is 0 Å². The van der Waals surface area contributed by atoms with Gasteiger partial charge in [0.1, 0.15) is 0 Å². The molecule has 4 aromatic rings. The van der Waals surface area contributed by atoms with Gasteiger partial charge >= 0.3 is 0 Å². The summed E-state index contributed by atoms with van der Waals surface area (Å²) in [6.45, 7) is 0. The smallest absolute Gasteiger partial charge is 0.0769 e. The van der Waals surface area contributed by atoms with Gasteiger partial charge in [-0.05, 0) is 59.7 Å². The lowest BCUT2D eigenvalue weighted by molar-refractivity contribution is 1.12. The first-order chi connectivity index (χ1) is 16.7. The highest BCUT2D eigenvalue weighted by atomic mass is 35.5. The molecule has 2 unspecified atom stereocenters. The van der Waals surface area contributed by atoms with Gasteiger partial charge in [-0.3, -0.25) is 9.98 Å². The van der Waals surface area contributed by atoms with E-state index in [1.165, 1.54) is 9.79 Å². The van der Waals surface area contributed by atoms with Gasteiger partial charge in [0.2, 0.25) is 0 Å². The Morgan fingerprint density at radius 2 is 0.882 bits per heavy atom. The lowest BCUT2D eigenvalue weighted by Gasteiger charge is -2.34. The fourth-order valence-corrected chi connectivity index (χ4v) is 7.20. The Bertz CT molecular complexity index is 1320. The number of fused-ring (bicyclic) bond motifs is 2. The molecule has 166 valence electrons. The van der Waals surface area contributed by atoms with Gasteiger partial charge in [0.15, 0.2) is 0 Å². The van der Waals surface area contributed by atoms with Crippen LogP contribution in [0.2, 0.25) is 10.0 Å². The molecular weight excluding hydrogens is 499 g/mol. The number of hydrogen-bond acceptors (Lipinski definition) is 4. The Morgan fingerprint density at radius 1 is 0.500 bits per heavy atom. The van der Waals surface area contributed by atoms with Crippen LogP contribution in [0.1, 0.15) is 11.1 Å². The predicted molar refractivity (Wildman–Crippen MR) is 147 cm³/mol. The third-order valence-electron chi connectivity index (χ3n) is 5.81. The standard InChI is InChI=1S/C28H18Cl2N2S2/c29-19-13-9-17(10-14-19)25-27(33-23-7-3-1-5-21(23)31-25)28-26(18-11-15-20(30)16-12-18)32-22-6-2-4-8-24(22)34-28/h1-16,27-28H. The fraction of sp³-hybridized carbons (Fsp3) is 0.0714. The highest BCUT2D eigenvalue weighted by Crippen LogP contribution is 2.48. The minimum absolute atomic E-state index is 0.0591. The zero-order valence-corrected chi connectivity index (χ0v) is 21.0. The third-order valence-corrected chi connectivity index (χ3v) is 9.19. The van der Waals surface area contributed by atoms with Crippen LogP contribution < -0.4 is 0 Å². The molecule has 0 aromatic heterocycles. The van der Waals surface area contributed by atoms with E-state index in [0.717, 1.165) is 33.9 Å². The molecule has 0 N–H and O–H groups in total. The van der Waals surface area contributed by atoms with E-state index in [1.807, 2.05) is 59.9 Å². The molecule has 2 nitrogen and oxygen atoms in total. The molecule has 0 radical (unpaired) electrons. The summed E-state index contributed by atoms with van der Waals surface area (Å²) >= 11 is 16.1. The summed E-state index contributed by atoms with van der Waals surface area (Å²) in [5.74, 6) is 0. The summed E-state index contributed by atoms with van der Waals surface area (Å²) in [6.07, 6.45) is 0. The highest BCUT2D eigenvalue weighted by molar-refractivity contribution is 8.05. The maximum Gasteiger partial charge on any atom is 0.0769 e. The van der Waals surface area contributed by atoms with Crippen LogP contribution in [0.5, 0.6) is 0 Å². The summed E-state index contributed by atoms with van der Waals surface area (Å²) in [5.41, 5.74) is 6.23. The Labute approximate surface area is 217 Å². The second-order valence-corrected chi connectivity index (χ2v) is 11.3. The van der Waals surface area contributed by atoms with Gasteiger partial charge in [-0.1, -0.05) is 71.7 Å². The summed E-state index contributed by atoms with van der Waals surface area (Å²) in [7, 11) is 0. The molecule has 2 aliphatic heterocycles. The zero-order chi connectivity index (χ0) is 23.1. The van der Waals surface area contributed by atoms with Gasteiger partial charge < -0.3 is 0 Å². The summed E-state index contributed by atoms with van der Waals surface area (Å²) in [6, 6.07) is 32.6. The highest BCUT2D eigenvalue weighted by Gasteiger charge is 2.38. The van der Waals surface area contributed by atoms with Crippen LogP contribution in [0.3, 0.4) is 0 Å². The topological polar surface area (TPSA) is 24.7 Å². The molecule has 0 saturated carbocycles. The monoisotopic (exact) mass is 516 g/mol. The van der Waals surface area contributed by atoms with Crippen LogP contribution >= 0.6 is 46.7 Å². The molecule has 2 atom stereocenters. The van der Waals surface area contributed by atoms with Crippen LogP contribution in [-0.4, -0.2) is 21.9 Å². The van der Waals surface area contributed by atoms with Crippen LogP contribution in [-0.2, 0) is 0 Å². The first-order valence-corrected chi connectivity index (χ1v) is 13.4. The Balaban J connectivity index is 1.51. The molecule has 34 heavy (non-hydrogen) atoms. The fourth-order valence-electron chi connectivity index (χ4n) is 4.18. The van der Waals surface area contributed by atoms with Crippen molar-refractivity contribution in [3.63, 3.8) is 0 Å². The number of nitrogens with zero attached hydrogens (tertiary/aromatic N) is 2. The van der Waals surface area contributed by atoms with E-state index in [0.29, 0.717) is 10.0 Å². The first-order valence-electron chi connectivity index (χ1n) is 10.9. The number of hydrogen-bond donors (Lipinski definition) is 0. The van der Waals surface area contributed by atoms with Crippen molar-refractivity contribution in [2.24, 2.45) is 9.98 Å². The number of aliphatic imine (C=N–C) groups is 2. The van der Waals surface area contributed by atoms with Crippen LogP contribution in [0, 0.1) is 0 Å². The summed E-state index contributed by atoms with van der Waals surface area (Å²) < 4.78 is 0. The normalized spacial score (nSPS) is 19.0. The van der Waals surface area contributed by atoms with Crippen LogP contribution in [0.15, 0.2) is 117 Å². The SMILES string of the molecule is Clc1ccc(C2=Nc3ccccc3SC2C2Sc3ccccc3N=C2c2ccc(Cl)cc2)cc1. The van der Waals surface area contributed by atoms with E-state index in [-0.39, 0.29) is 10.5 Å². The quantitative estimate of drug-likeness (QED) is 0.271. The number of halogens is 2. The van der Waals surface area contributed by atoms with Gasteiger partial charge in [0.05, 0.1) is 33.3 Å². The minimum atomic E-state index is 0.0591. The van der Waals surface area contributed by atoms with E-state index in [1.54, 1.807) is 0 Å². The van der Waals surface area contributed by atoms with E-state index < -0.39 is 0 Å². The van der Waals surface area contributed by atoms with Crippen molar-refractivity contribution in [2.75, 3.05) is 0 Å². The van der Waals surface area contributed by atoms with Crippen molar-refractivity contribution >= 4 is 69.5 Å². The van der Waals surface area contributed by atoms with Gasteiger partial charge in [-0.2, -0.15) is 0 Å². The molecule has 0 saturated heterocycles. The second kappa shape index (κ2) is 9.27. The van der Waals surface area contributed by atoms with E-state index in [9.17, 15) is 0 Å². The number of benzene rings is 4. The molecular formula is C28H18Cl2N2S2. The maximum atomic E-state index is 6.21. The number of rotatable bonds is 3. The first kappa shape index (κ1) is 22.0. The largest absolute Gasteiger partial charge is 0.250 e. The molecule has 0 aliphatic carbocycles. The average molecular weight is 518 g/mol. The lowest BCUT2D eigenvalue weighted by Crippen LogP contribution is -2.38.